The van der Waals surface area contributed by atoms with Gasteiger partial charge >= 0.3 is 11.9 Å². The first-order chi connectivity index (χ1) is 14.7. The Bertz CT molecular complexity index is 713. The number of nitrogens with zero attached hydrogens (tertiary/aromatic N) is 2. The van der Waals surface area contributed by atoms with Crippen LogP contribution in [0.2, 0.25) is 0 Å². The van der Waals surface area contributed by atoms with E-state index < -0.39 is 24.1 Å². The van der Waals surface area contributed by atoms with Crippen molar-refractivity contribution in [2.45, 2.75) is 49.9 Å². The Balaban J connectivity index is 0.000000291. The molecule has 0 aromatic carbocycles. The average molecular weight is 440 g/mol. The topological polar surface area (TPSA) is 150 Å². The number of carboxylic acids is 2. The molecule has 31 heavy (non-hydrogen) atoms. The van der Waals surface area contributed by atoms with Gasteiger partial charge in [-0.05, 0) is 62.7 Å². The molecular weight excluding hydrogens is 408 g/mol. The number of methoxy groups -OCH3 is 1. The smallest absolute Gasteiger partial charge is 0.335 e. The first kappa shape index (κ1) is 25.0. The monoisotopic (exact) mass is 440 g/mol. The van der Waals surface area contributed by atoms with E-state index in [1.165, 1.54) is 31.4 Å². The minimum Gasteiger partial charge on any atom is -0.490 e. The van der Waals surface area contributed by atoms with Gasteiger partial charge in [0, 0.05) is 26.0 Å². The van der Waals surface area contributed by atoms with Gasteiger partial charge in [0.2, 0.25) is 0 Å². The molecule has 0 bridgehead atoms. The highest BCUT2D eigenvalue weighted by molar-refractivity contribution is 5.83. The molecule has 2 aliphatic rings. The number of carbonyl (C=O) groups is 2. The minimum absolute atomic E-state index is 0.559. The van der Waals surface area contributed by atoms with Gasteiger partial charge in [0.05, 0.1) is 6.20 Å². The molecule has 1 aromatic rings. The van der Waals surface area contributed by atoms with Crippen LogP contribution >= 0.6 is 0 Å². The number of pyridine rings is 1. The van der Waals surface area contributed by atoms with E-state index in [2.05, 4.69) is 23.0 Å². The van der Waals surface area contributed by atoms with E-state index in [0.717, 1.165) is 31.3 Å². The van der Waals surface area contributed by atoms with E-state index in [4.69, 9.17) is 29.9 Å². The summed E-state index contributed by atoms with van der Waals surface area (Å²) in [7, 11) is 3.95. The van der Waals surface area contributed by atoms with Gasteiger partial charge in [0.1, 0.15) is 12.4 Å². The molecule has 0 radical (unpaired) electrons. The van der Waals surface area contributed by atoms with Crippen molar-refractivity contribution in [2.24, 2.45) is 5.92 Å². The Hall–Kier alpha value is -2.27. The van der Waals surface area contributed by atoms with Gasteiger partial charge in [-0.15, -0.1) is 0 Å². The van der Waals surface area contributed by atoms with Crippen molar-refractivity contribution < 1.29 is 39.5 Å². The van der Waals surface area contributed by atoms with Crippen molar-refractivity contribution in [1.82, 2.24) is 9.88 Å². The maximum absolute atomic E-state index is 9.77. The molecule has 3 rings (SSSR count). The summed E-state index contributed by atoms with van der Waals surface area (Å²) in [5.41, 5.74) is 1.33. The fourth-order valence-corrected chi connectivity index (χ4v) is 3.61. The molecule has 0 amide bonds. The number of hydrogen-bond acceptors (Lipinski definition) is 8. The fraction of sp³-hybridized carbons (Fsp3) is 0.667. The molecule has 10 heteroatoms. The number of aromatic nitrogens is 1. The van der Waals surface area contributed by atoms with Crippen molar-refractivity contribution in [3.8, 4) is 5.75 Å². The zero-order valence-electron chi connectivity index (χ0n) is 17.9. The second kappa shape index (κ2) is 11.9. The summed E-state index contributed by atoms with van der Waals surface area (Å²) in [5, 5.41) is 32.5. The van der Waals surface area contributed by atoms with Crippen LogP contribution in [-0.2, 0) is 14.3 Å². The molecule has 4 N–H and O–H groups in total. The number of aliphatic hydroxyl groups is 2. The van der Waals surface area contributed by atoms with Gasteiger partial charge in [-0.3, -0.25) is 4.98 Å². The molecule has 1 saturated carbocycles. The largest absolute Gasteiger partial charge is 0.490 e. The maximum Gasteiger partial charge on any atom is 0.335 e. The van der Waals surface area contributed by atoms with Gasteiger partial charge in [0.15, 0.2) is 12.2 Å². The molecule has 2 unspecified atom stereocenters. The standard InChI is InChI=1S/C17H26N2O2.C4H6O6/c1-19-6-3-4-15(19)12-21-16-8-14(10-18-11-16)17-9-13(17)5-7-20-2;5-1(3(7)8)2(6)4(9)10/h8,10-11,13,15,17H,3-7,9,12H2,1-2H3;1-2,5-6H,(H,7,8)(H,9,10)/t13-,15-,17-;/m0./s1. The highest BCUT2D eigenvalue weighted by Crippen LogP contribution is 2.49. The Morgan fingerprint density at radius 1 is 1.23 bits per heavy atom. The lowest BCUT2D eigenvalue weighted by Crippen LogP contribution is -2.39. The third-order valence-electron chi connectivity index (χ3n) is 5.70. The van der Waals surface area contributed by atoms with Gasteiger partial charge in [-0.25, -0.2) is 9.59 Å². The molecule has 2 heterocycles. The second-order valence-electron chi connectivity index (χ2n) is 7.99. The lowest BCUT2D eigenvalue weighted by atomic mass is 10.1. The number of rotatable bonds is 10. The Morgan fingerprint density at radius 2 is 1.90 bits per heavy atom. The quantitative estimate of drug-likeness (QED) is 0.407. The summed E-state index contributed by atoms with van der Waals surface area (Å²) in [5.74, 6) is -1.19. The van der Waals surface area contributed by atoms with E-state index in [9.17, 15) is 9.59 Å². The molecule has 174 valence electrons. The van der Waals surface area contributed by atoms with Gasteiger partial charge in [-0.1, -0.05) is 0 Å². The van der Waals surface area contributed by atoms with Crippen LogP contribution in [0.15, 0.2) is 18.5 Å². The minimum atomic E-state index is -2.27. The molecule has 1 aliphatic heterocycles. The number of ether oxygens (including phenoxy) is 2. The molecule has 1 aromatic heterocycles. The summed E-state index contributed by atoms with van der Waals surface area (Å²) in [6.07, 6.45) is 4.24. The molecule has 1 aliphatic carbocycles. The zero-order valence-corrected chi connectivity index (χ0v) is 17.9. The van der Waals surface area contributed by atoms with Crippen LogP contribution in [-0.4, -0.2) is 94.4 Å². The van der Waals surface area contributed by atoms with Gasteiger partial charge in [0.25, 0.3) is 0 Å². The van der Waals surface area contributed by atoms with E-state index in [0.29, 0.717) is 12.0 Å². The highest BCUT2D eigenvalue weighted by atomic mass is 16.5. The van der Waals surface area contributed by atoms with Crippen LogP contribution in [0.4, 0.5) is 0 Å². The number of aliphatic hydroxyl groups excluding tert-OH is 2. The van der Waals surface area contributed by atoms with E-state index >= 15 is 0 Å². The Labute approximate surface area is 181 Å². The zero-order chi connectivity index (χ0) is 23.0. The van der Waals surface area contributed by atoms with Crippen LogP contribution in [0.25, 0.3) is 0 Å². The average Bonchev–Trinajstić information content (AvgIpc) is 3.42. The predicted molar refractivity (Wildman–Crippen MR) is 110 cm³/mol. The molecule has 0 spiro atoms. The van der Waals surface area contributed by atoms with E-state index in [1.54, 1.807) is 7.11 Å². The van der Waals surface area contributed by atoms with E-state index in [-0.39, 0.29) is 0 Å². The van der Waals surface area contributed by atoms with Gasteiger partial charge in [-0.2, -0.15) is 0 Å². The third-order valence-corrected chi connectivity index (χ3v) is 5.70. The number of aliphatic carboxylic acids is 2. The molecule has 5 atom stereocenters. The van der Waals surface area contributed by atoms with Crippen molar-refractivity contribution >= 4 is 11.9 Å². The van der Waals surface area contributed by atoms with Crippen LogP contribution in [0.3, 0.4) is 0 Å². The first-order valence-corrected chi connectivity index (χ1v) is 10.3. The lowest BCUT2D eigenvalue weighted by Gasteiger charge is -2.19. The SMILES string of the molecule is COCC[C@H]1C[C@@H]1c1cncc(OC[C@@H]2CCCN2C)c1.O=C(O)C(O)C(O)C(=O)O. The predicted octanol–water partition coefficient (Wildman–Crippen LogP) is 0.572. The third kappa shape index (κ3) is 7.73. The number of likely N-dealkylation sites (N-methyl/N-ethyl adjacent to an activating group) is 1. The van der Waals surface area contributed by atoms with E-state index in [1.807, 2.05) is 12.4 Å². The summed E-state index contributed by atoms with van der Waals surface area (Å²) >= 11 is 0. The molecule has 1 saturated heterocycles. The summed E-state index contributed by atoms with van der Waals surface area (Å²) in [4.78, 5) is 26.3. The molecule has 10 nitrogen and oxygen atoms in total. The van der Waals surface area contributed by atoms with Crippen molar-refractivity contribution in [2.75, 3.05) is 33.9 Å². The Kier molecular flexibility index (Phi) is 9.63. The first-order valence-electron chi connectivity index (χ1n) is 10.3. The van der Waals surface area contributed by atoms with Crippen LogP contribution in [0.1, 0.15) is 37.2 Å². The van der Waals surface area contributed by atoms with Crippen LogP contribution < -0.4 is 4.74 Å². The Morgan fingerprint density at radius 3 is 2.45 bits per heavy atom. The highest BCUT2D eigenvalue weighted by Gasteiger charge is 2.38. The normalized spacial score (nSPS) is 24.6. The molecule has 2 fully saturated rings. The second-order valence-corrected chi connectivity index (χ2v) is 7.99. The number of carboxylic acid groups (broad SMARTS) is 2. The lowest BCUT2D eigenvalue weighted by molar-refractivity contribution is -0.165. The fourth-order valence-electron chi connectivity index (χ4n) is 3.61. The van der Waals surface area contributed by atoms with Gasteiger partial charge < -0.3 is 34.8 Å². The van der Waals surface area contributed by atoms with Crippen LogP contribution in [0.5, 0.6) is 5.75 Å². The molecular formula is C21H32N2O8. The van der Waals surface area contributed by atoms with Crippen molar-refractivity contribution in [3.63, 3.8) is 0 Å². The maximum atomic E-state index is 9.77. The van der Waals surface area contributed by atoms with Crippen molar-refractivity contribution in [1.29, 1.82) is 0 Å². The number of hydrogen-bond donors (Lipinski definition) is 4. The number of likely N-dealkylation sites (tertiary alicyclic amines) is 1. The summed E-state index contributed by atoms with van der Waals surface area (Å²) in [6, 6.07) is 2.74. The summed E-state index contributed by atoms with van der Waals surface area (Å²) in [6.45, 7) is 2.83. The summed E-state index contributed by atoms with van der Waals surface area (Å²) < 4.78 is 11.1. The van der Waals surface area contributed by atoms with Crippen LogP contribution in [0, 0.1) is 5.92 Å². The van der Waals surface area contributed by atoms with Crippen molar-refractivity contribution in [3.05, 3.63) is 24.0 Å².